The second kappa shape index (κ2) is 6.89. The number of carboxylic acid groups (broad SMARTS) is 1. The normalized spacial score (nSPS) is 22.8. The average molecular weight is 307 g/mol. The van der Waals surface area contributed by atoms with Crippen LogP contribution in [0, 0.1) is 11.8 Å². The fourth-order valence-corrected chi connectivity index (χ4v) is 3.52. The van der Waals surface area contributed by atoms with Crippen LogP contribution in [-0.2, 0) is 16.0 Å². The molecule has 0 aromatic carbocycles. The first kappa shape index (κ1) is 15.8. The highest BCUT2D eigenvalue weighted by molar-refractivity contribution is 7.09. The molecule has 2 rings (SSSR count). The lowest BCUT2D eigenvalue weighted by molar-refractivity contribution is -0.150. The van der Waals surface area contributed by atoms with E-state index in [1.807, 2.05) is 30.5 Å². The Bertz CT molecular complexity index is 524. The van der Waals surface area contributed by atoms with Crippen LogP contribution in [0.5, 0.6) is 0 Å². The van der Waals surface area contributed by atoms with Crippen molar-refractivity contribution in [3.8, 4) is 0 Å². The van der Waals surface area contributed by atoms with Crippen LogP contribution in [0.15, 0.2) is 29.7 Å². The molecule has 4 nitrogen and oxygen atoms in total. The number of rotatable bonds is 5. The monoisotopic (exact) mass is 307 g/mol. The smallest absolute Gasteiger partial charge is 0.307 e. The molecule has 0 aliphatic heterocycles. The maximum Gasteiger partial charge on any atom is 0.307 e. The van der Waals surface area contributed by atoms with Gasteiger partial charge >= 0.3 is 5.97 Å². The van der Waals surface area contributed by atoms with E-state index in [0.29, 0.717) is 12.8 Å². The Balaban J connectivity index is 2.03. The minimum Gasteiger partial charge on any atom is -0.481 e. The molecule has 3 unspecified atom stereocenters. The third-order valence-electron chi connectivity index (χ3n) is 4.15. The number of nitrogens with zero attached hydrogens (tertiary/aromatic N) is 1. The van der Waals surface area contributed by atoms with Crippen LogP contribution < -0.4 is 0 Å². The summed E-state index contributed by atoms with van der Waals surface area (Å²) in [4.78, 5) is 26.9. The largest absolute Gasteiger partial charge is 0.481 e. The fraction of sp³-hybridized carbons (Fsp3) is 0.500. The van der Waals surface area contributed by atoms with Gasteiger partial charge in [0.2, 0.25) is 5.91 Å². The van der Waals surface area contributed by atoms with Crippen molar-refractivity contribution in [1.82, 2.24) is 4.90 Å². The summed E-state index contributed by atoms with van der Waals surface area (Å²) in [6.45, 7) is 2.01. The van der Waals surface area contributed by atoms with Crippen molar-refractivity contribution in [3.63, 3.8) is 0 Å². The van der Waals surface area contributed by atoms with Gasteiger partial charge in [0, 0.05) is 24.4 Å². The van der Waals surface area contributed by atoms with Crippen molar-refractivity contribution in [1.29, 1.82) is 0 Å². The number of amides is 1. The first-order chi connectivity index (χ1) is 10.0. The van der Waals surface area contributed by atoms with E-state index in [1.165, 1.54) is 4.88 Å². The highest BCUT2D eigenvalue weighted by Gasteiger charge is 2.36. The number of allylic oxidation sites excluding steroid dienone is 2. The minimum absolute atomic E-state index is 0.0594. The number of likely N-dealkylation sites (N-methyl/N-ethyl adjacent to an activating group) is 1. The average Bonchev–Trinajstić information content (AvgIpc) is 2.98. The van der Waals surface area contributed by atoms with Crippen LogP contribution in [0.25, 0.3) is 0 Å². The fourth-order valence-electron chi connectivity index (χ4n) is 2.70. The molecule has 0 fully saturated rings. The number of hydrogen-bond donors (Lipinski definition) is 1. The lowest BCUT2D eigenvalue weighted by Crippen LogP contribution is -2.44. The Hall–Kier alpha value is -1.62. The van der Waals surface area contributed by atoms with Crippen LogP contribution in [0.1, 0.15) is 24.6 Å². The molecule has 3 atom stereocenters. The summed E-state index contributed by atoms with van der Waals surface area (Å²) >= 11 is 1.68. The third-order valence-corrected chi connectivity index (χ3v) is 5.05. The zero-order chi connectivity index (χ0) is 15.4. The second-order valence-electron chi connectivity index (χ2n) is 5.58. The molecule has 1 aliphatic rings. The first-order valence-electron chi connectivity index (χ1n) is 7.17. The molecule has 0 radical (unpaired) electrons. The summed E-state index contributed by atoms with van der Waals surface area (Å²) in [7, 11) is 1.78. The third kappa shape index (κ3) is 3.73. The standard InChI is InChI=1S/C16H21NO3S/c1-11(10-12-6-5-9-21-12)17(2)15(18)13-7-3-4-8-14(13)16(19)20/h3-6,9,11,13-14H,7-8,10H2,1-2H3,(H,19,20). The van der Waals surface area contributed by atoms with E-state index in [0.717, 1.165) is 6.42 Å². The zero-order valence-corrected chi connectivity index (χ0v) is 13.2. The molecule has 1 N–H and O–H groups in total. The lowest BCUT2D eigenvalue weighted by Gasteiger charge is -2.32. The first-order valence-corrected chi connectivity index (χ1v) is 8.05. The van der Waals surface area contributed by atoms with Crippen LogP contribution in [-0.4, -0.2) is 35.0 Å². The van der Waals surface area contributed by atoms with Crippen molar-refractivity contribution in [2.75, 3.05) is 7.05 Å². The van der Waals surface area contributed by atoms with Gasteiger partial charge in [0.1, 0.15) is 0 Å². The van der Waals surface area contributed by atoms with E-state index >= 15 is 0 Å². The van der Waals surface area contributed by atoms with Crippen molar-refractivity contribution >= 4 is 23.2 Å². The second-order valence-corrected chi connectivity index (χ2v) is 6.61. The lowest BCUT2D eigenvalue weighted by atomic mass is 9.82. The molecular weight excluding hydrogens is 286 g/mol. The molecule has 21 heavy (non-hydrogen) atoms. The molecule has 1 heterocycles. The summed E-state index contributed by atoms with van der Waals surface area (Å²) in [6, 6.07) is 4.13. The van der Waals surface area contributed by atoms with E-state index < -0.39 is 17.8 Å². The maximum absolute atomic E-state index is 12.6. The van der Waals surface area contributed by atoms with E-state index in [2.05, 4.69) is 6.07 Å². The number of carbonyl (C=O) groups excluding carboxylic acids is 1. The van der Waals surface area contributed by atoms with Crippen molar-refractivity contribution < 1.29 is 14.7 Å². The Morgan fingerprint density at radius 2 is 2.05 bits per heavy atom. The summed E-state index contributed by atoms with van der Waals surface area (Å²) in [6.07, 6.45) is 5.54. The Morgan fingerprint density at radius 1 is 1.38 bits per heavy atom. The summed E-state index contributed by atoms with van der Waals surface area (Å²) in [5.74, 6) is -1.98. The molecule has 5 heteroatoms. The summed E-state index contributed by atoms with van der Waals surface area (Å²) in [5.41, 5.74) is 0. The number of aliphatic carboxylic acids is 1. The van der Waals surface area contributed by atoms with Crippen LogP contribution in [0.3, 0.4) is 0 Å². The van der Waals surface area contributed by atoms with Crippen LogP contribution >= 0.6 is 11.3 Å². The molecule has 1 aromatic heterocycles. The topological polar surface area (TPSA) is 57.6 Å². The van der Waals surface area contributed by atoms with Gasteiger partial charge in [-0.15, -0.1) is 11.3 Å². The van der Waals surface area contributed by atoms with E-state index in [9.17, 15) is 14.7 Å². The SMILES string of the molecule is CC(Cc1cccs1)N(C)C(=O)C1CC=CCC1C(=O)O. The van der Waals surface area contributed by atoms with Crippen LogP contribution in [0.2, 0.25) is 0 Å². The molecule has 0 spiro atoms. The number of hydrogen-bond acceptors (Lipinski definition) is 3. The van der Waals surface area contributed by atoms with E-state index in [-0.39, 0.29) is 11.9 Å². The molecule has 1 aromatic rings. The van der Waals surface area contributed by atoms with Crippen LogP contribution in [0.4, 0.5) is 0 Å². The van der Waals surface area contributed by atoms with Crippen molar-refractivity contribution in [2.45, 2.75) is 32.2 Å². The molecule has 0 saturated carbocycles. The molecule has 0 saturated heterocycles. The van der Waals surface area contributed by atoms with Crippen molar-refractivity contribution in [2.24, 2.45) is 11.8 Å². The van der Waals surface area contributed by atoms with Gasteiger partial charge in [-0.2, -0.15) is 0 Å². The van der Waals surface area contributed by atoms with E-state index in [1.54, 1.807) is 23.3 Å². The Morgan fingerprint density at radius 3 is 2.62 bits per heavy atom. The predicted octanol–water partition coefficient (Wildman–Crippen LogP) is 2.80. The van der Waals surface area contributed by atoms with Gasteiger partial charge in [0.25, 0.3) is 0 Å². The molecular formula is C16H21NO3S. The number of carbonyl (C=O) groups is 2. The highest BCUT2D eigenvalue weighted by atomic mass is 32.1. The Kier molecular flexibility index (Phi) is 5.17. The van der Waals surface area contributed by atoms with E-state index in [4.69, 9.17) is 0 Å². The molecule has 1 amide bonds. The zero-order valence-electron chi connectivity index (χ0n) is 12.4. The van der Waals surface area contributed by atoms with Gasteiger partial charge in [0.05, 0.1) is 11.8 Å². The Labute approximate surface area is 129 Å². The molecule has 1 aliphatic carbocycles. The minimum atomic E-state index is -0.878. The van der Waals surface area contributed by atoms with Gasteiger partial charge in [0.15, 0.2) is 0 Å². The predicted molar refractivity (Wildman–Crippen MR) is 83.2 cm³/mol. The quantitative estimate of drug-likeness (QED) is 0.851. The molecule has 0 bridgehead atoms. The summed E-state index contributed by atoms with van der Waals surface area (Å²) in [5, 5.41) is 11.3. The number of carboxylic acids is 1. The highest BCUT2D eigenvalue weighted by Crippen LogP contribution is 2.28. The van der Waals surface area contributed by atoms with Gasteiger partial charge in [-0.25, -0.2) is 0 Å². The summed E-state index contributed by atoms with van der Waals surface area (Å²) < 4.78 is 0. The van der Waals surface area contributed by atoms with Gasteiger partial charge in [-0.1, -0.05) is 18.2 Å². The van der Waals surface area contributed by atoms with Crippen molar-refractivity contribution in [3.05, 3.63) is 34.5 Å². The molecule has 114 valence electrons. The van der Waals surface area contributed by atoms with Gasteiger partial charge < -0.3 is 10.0 Å². The maximum atomic E-state index is 12.6. The van der Waals surface area contributed by atoms with Gasteiger partial charge in [-0.05, 0) is 31.2 Å². The number of thiophene rings is 1. The van der Waals surface area contributed by atoms with Gasteiger partial charge in [-0.3, -0.25) is 9.59 Å².